The lowest BCUT2D eigenvalue weighted by molar-refractivity contribution is 0.170. The van der Waals surface area contributed by atoms with Gasteiger partial charge in [0.15, 0.2) is 11.5 Å². The molecule has 106 valence electrons. The second kappa shape index (κ2) is 5.83. The lowest BCUT2D eigenvalue weighted by Gasteiger charge is -2.21. The minimum absolute atomic E-state index is 0.0818. The zero-order valence-corrected chi connectivity index (χ0v) is 11.1. The van der Waals surface area contributed by atoms with Gasteiger partial charge < -0.3 is 19.9 Å². The van der Waals surface area contributed by atoms with Gasteiger partial charge in [-0.1, -0.05) is 12.1 Å². The van der Waals surface area contributed by atoms with Crippen LogP contribution >= 0.6 is 0 Å². The van der Waals surface area contributed by atoms with E-state index in [1.165, 1.54) is 0 Å². The van der Waals surface area contributed by atoms with E-state index in [1.54, 1.807) is 10.9 Å². The van der Waals surface area contributed by atoms with Crippen LogP contribution in [0, 0.1) is 0 Å². The summed E-state index contributed by atoms with van der Waals surface area (Å²) in [5.74, 6) is 1.61. The van der Waals surface area contributed by atoms with Crippen molar-refractivity contribution in [2.45, 2.75) is 13.1 Å². The molecule has 6 nitrogen and oxygen atoms in total. The quantitative estimate of drug-likeness (QED) is 0.859. The number of ether oxygens (including phenoxy) is 2. The second-order valence-electron chi connectivity index (χ2n) is 4.51. The van der Waals surface area contributed by atoms with E-state index in [1.807, 2.05) is 24.4 Å². The SMILES string of the molecule is OCCn1cc(NCc2cccc3c2OCCO3)cn1. The van der Waals surface area contributed by atoms with Gasteiger partial charge in [-0.15, -0.1) is 0 Å². The fourth-order valence-corrected chi connectivity index (χ4v) is 2.15. The van der Waals surface area contributed by atoms with Crippen molar-refractivity contribution in [1.29, 1.82) is 0 Å². The van der Waals surface area contributed by atoms with Crippen molar-refractivity contribution in [3.63, 3.8) is 0 Å². The van der Waals surface area contributed by atoms with E-state index >= 15 is 0 Å². The van der Waals surface area contributed by atoms with Crippen molar-refractivity contribution >= 4 is 5.69 Å². The van der Waals surface area contributed by atoms with Gasteiger partial charge in [0.05, 0.1) is 25.0 Å². The molecule has 1 aliphatic heterocycles. The first-order chi connectivity index (χ1) is 9.86. The number of fused-ring (bicyclic) bond motifs is 1. The Hall–Kier alpha value is -2.21. The standard InChI is InChI=1S/C14H17N3O3/c18-5-4-17-10-12(9-16-17)15-8-11-2-1-3-13-14(11)20-7-6-19-13/h1-3,9-10,15,18H,4-8H2. The van der Waals surface area contributed by atoms with Crippen LogP contribution in [0.25, 0.3) is 0 Å². The molecule has 0 saturated heterocycles. The van der Waals surface area contributed by atoms with Gasteiger partial charge in [-0.2, -0.15) is 5.10 Å². The highest BCUT2D eigenvalue weighted by Crippen LogP contribution is 2.33. The van der Waals surface area contributed by atoms with E-state index in [0.717, 1.165) is 22.7 Å². The number of aromatic nitrogens is 2. The smallest absolute Gasteiger partial charge is 0.166 e. The molecule has 1 aliphatic rings. The maximum Gasteiger partial charge on any atom is 0.166 e. The van der Waals surface area contributed by atoms with E-state index in [9.17, 15) is 0 Å². The summed E-state index contributed by atoms with van der Waals surface area (Å²) >= 11 is 0. The van der Waals surface area contributed by atoms with Crippen molar-refractivity contribution in [2.24, 2.45) is 0 Å². The Labute approximate surface area is 116 Å². The molecular weight excluding hydrogens is 258 g/mol. The molecule has 0 amide bonds. The molecule has 3 rings (SSSR count). The largest absolute Gasteiger partial charge is 0.486 e. The number of nitrogens with zero attached hydrogens (tertiary/aromatic N) is 2. The summed E-state index contributed by atoms with van der Waals surface area (Å²) < 4.78 is 12.9. The fraction of sp³-hybridized carbons (Fsp3) is 0.357. The Kier molecular flexibility index (Phi) is 3.73. The van der Waals surface area contributed by atoms with Crippen molar-refractivity contribution in [2.75, 3.05) is 25.1 Å². The Balaban J connectivity index is 1.68. The summed E-state index contributed by atoms with van der Waals surface area (Å²) in [5, 5.41) is 16.3. The summed E-state index contributed by atoms with van der Waals surface area (Å²) in [5.41, 5.74) is 1.96. The number of benzene rings is 1. The molecule has 0 bridgehead atoms. The molecule has 0 spiro atoms. The maximum atomic E-state index is 8.86. The van der Waals surface area contributed by atoms with Gasteiger partial charge >= 0.3 is 0 Å². The van der Waals surface area contributed by atoms with Crippen LogP contribution in [0.3, 0.4) is 0 Å². The molecule has 2 heterocycles. The minimum Gasteiger partial charge on any atom is -0.486 e. The van der Waals surface area contributed by atoms with Crippen LogP contribution in [0.1, 0.15) is 5.56 Å². The summed E-state index contributed by atoms with van der Waals surface area (Å²) in [4.78, 5) is 0. The molecule has 0 atom stereocenters. The van der Waals surface area contributed by atoms with Crippen molar-refractivity contribution < 1.29 is 14.6 Å². The predicted octanol–water partition coefficient (Wildman–Crippen LogP) is 1.26. The molecule has 0 fully saturated rings. The fourth-order valence-electron chi connectivity index (χ4n) is 2.15. The third-order valence-corrected chi connectivity index (χ3v) is 3.09. The van der Waals surface area contributed by atoms with E-state index in [4.69, 9.17) is 14.6 Å². The number of rotatable bonds is 5. The molecule has 0 unspecified atom stereocenters. The van der Waals surface area contributed by atoms with Crippen LogP contribution in [-0.4, -0.2) is 34.7 Å². The molecule has 0 aliphatic carbocycles. The first kappa shape index (κ1) is 12.8. The van der Waals surface area contributed by atoms with Crippen molar-refractivity contribution in [3.8, 4) is 11.5 Å². The summed E-state index contributed by atoms with van der Waals surface area (Å²) in [7, 11) is 0. The van der Waals surface area contributed by atoms with Gasteiger partial charge in [-0.25, -0.2) is 0 Å². The van der Waals surface area contributed by atoms with Crippen LogP contribution < -0.4 is 14.8 Å². The number of nitrogens with one attached hydrogen (secondary N) is 1. The van der Waals surface area contributed by atoms with Gasteiger partial charge in [-0.3, -0.25) is 4.68 Å². The normalized spacial score (nSPS) is 13.2. The van der Waals surface area contributed by atoms with Crippen LogP contribution in [0.15, 0.2) is 30.6 Å². The van der Waals surface area contributed by atoms with E-state index in [2.05, 4.69) is 10.4 Å². The summed E-state index contributed by atoms with van der Waals surface area (Å²) in [6.45, 7) is 2.39. The minimum atomic E-state index is 0.0818. The lowest BCUT2D eigenvalue weighted by Crippen LogP contribution is -2.17. The monoisotopic (exact) mass is 275 g/mol. The van der Waals surface area contributed by atoms with Crippen LogP contribution in [0.5, 0.6) is 11.5 Å². The molecule has 1 aromatic heterocycles. The van der Waals surface area contributed by atoms with Gasteiger partial charge in [0.25, 0.3) is 0 Å². The van der Waals surface area contributed by atoms with E-state index in [-0.39, 0.29) is 6.61 Å². The van der Waals surface area contributed by atoms with Crippen LogP contribution in [-0.2, 0) is 13.1 Å². The molecule has 0 radical (unpaired) electrons. The average Bonchev–Trinajstić information content (AvgIpc) is 2.93. The number of para-hydroxylation sites is 1. The van der Waals surface area contributed by atoms with E-state index < -0.39 is 0 Å². The lowest BCUT2D eigenvalue weighted by atomic mass is 10.1. The molecule has 0 saturated carbocycles. The maximum absolute atomic E-state index is 8.86. The Morgan fingerprint density at radius 2 is 2.20 bits per heavy atom. The number of aliphatic hydroxyl groups is 1. The predicted molar refractivity (Wildman–Crippen MR) is 74.1 cm³/mol. The second-order valence-corrected chi connectivity index (χ2v) is 4.51. The zero-order valence-electron chi connectivity index (χ0n) is 11.1. The molecular formula is C14H17N3O3. The molecule has 6 heteroatoms. The average molecular weight is 275 g/mol. The van der Waals surface area contributed by atoms with Crippen LogP contribution in [0.2, 0.25) is 0 Å². The summed E-state index contributed by atoms with van der Waals surface area (Å²) in [6, 6.07) is 5.88. The van der Waals surface area contributed by atoms with E-state index in [0.29, 0.717) is 26.3 Å². The zero-order chi connectivity index (χ0) is 13.8. The van der Waals surface area contributed by atoms with Crippen molar-refractivity contribution in [3.05, 3.63) is 36.2 Å². The number of hydrogen-bond donors (Lipinski definition) is 2. The van der Waals surface area contributed by atoms with Gasteiger partial charge in [0.1, 0.15) is 13.2 Å². The number of aliphatic hydroxyl groups excluding tert-OH is 1. The number of hydrogen-bond acceptors (Lipinski definition) is 5. The van der Waals surface area contributed by atoms with Gasteiger partial charge in [0.2, 0.25) is 0 Å². The molecule has 2 N–H and O–H groups in total. The third kappa shape index (κ3) is 2.70. The highest BCUT2D eigenvalue weighted by Gasteiger charge is 2.15. The number of anilines is 1. The van der Waals surface area contributed by atoms with Crippen LogP contribution in [0.4, 0.5) is 5.69 Å². The Morgan fingerprint density at radius 3 is 3.10 bits per heavy atom. The van der Waals surface area contributed by atoms with Crippen molar-refractivity contribution in [1.82, 2.24) is 9.78 Å². The first-order valence-corrected chi connectivity index (χ1v) is 6.61. The van der Waals surface area contributed by atoms with Gasteiger partial charge in [0, 0.05) is 18.3 Å². The summed E-state index contributed by atoms with van der Waals surface area (Å²) in [6.07, 6.45) is 3.60. The molecule has 2 aromatic rings. The highest BCUT2D eigenvalue weighted by atomic mass is 16.6. The Bertz CT molecular complexity index is 583. The third-order valence-electron chi connectivity index (χ3n) is 3.09. The molecule has 20 heavy (non-hydrogen) atoms. The Morgan fingerprint density at radius 1 is 1.30 bits per heavy atom. The molecule has 1 aromatic carbocycles. The highest BCUT2D eigenvalue weighted by molar-refractivity contribution is 5.49. The van der Waals surface area contributed by atoms with Gasteiger partial charge in [-0.05, 0) is 6.07 Å². The first-order valence-electron chi connectivity index (χ1n) is 6.61. The topological polar surface area (TPSA) is 68.5 Å².